The molecule has 0 unspecified atom stereocenters. The monoisotopic (exact) mass is 424 g/mol. The first-order valence-corrected chi connectivity index (χ1v) is 12.5. The molecule has 0 heterocycles. The van der Waals surface area contributed by atoms with Crippen LogP contribution in [0.15, 0.2) is 11.1 Å². The van der Waals surface area contributed by atoms with Gasteiger partial charge in [0.25, 0.3) is 0 Å². The minimum absolute atomic E-state index is 0.274. The molecule has 0 aromatic rings. The highest BCUT2D eigenvalue weighted by atomic mass is 16.5. The Labute approximate surface area is 186 Å². The van der Waals surface area contributed by atoms with E-state index in [1.165, 1.54) is 38.5 Å². The zero-order valence-electron chi connectivity index (χ0n) is 20.5. The Morgan fingerprint density at radius 3 is 1.50 bits per heavy atom. The highest BCUT2D eigenvalue weighted by Crippen LogP contribution is 2.23. The average molecular weight is 425 g/mol. The van der Waals surface area contributed by atoms with E-state index in [0.29, 0.717) is 37.2 Å². The number of hydrogen-bond acceptors (Lipinski definition) is 4. The maximum atomic E-state index is 12.8. The number of unbranched alkanes of at least 4 members (excludes halogenated alkanes) is 9. The predicted molar refractivity (Wildman–Crippen MR) is 125 cm³/mol. The van der Waals surface area contributed by atoms with Crippen molar-refractivity contribution in [1.29, 1.82) is 0 Å². The molecule has 0 fully saturated rings. The minimum atomic E-state index is -0.334. The first kappa shape index (κ1) is 28.7. The van der Waals surface area contributed by atoms with Crippen molar-refractivity contribution in [3.8, 4) is 0 Å². The summed E-state index contributed by atoms with van der Waals surface area (Å²) in [6, 6.07) is 0. The maximum absolute atomic E-state index is 12.8. The number of esters is 2. The Hall–Kier alpha value is -1.32. The van der Waals surface area contributed by atoms with Gasteiger partial charge in [0, 0.05) is 11.1 Å². The molecule has 0 aromatic carbocycles. The van der Waals surface area contributed by atoms with Gasteiger partial charge in [0.15, 0.2) is 0 Å². The second-order valence-corrected chi connectivity index (χ2v) is 8.76. The van der Waals surface area contributed by atoms with Crippen molar-refractivity contribution in [1.82, 2.24) is 0 Å². The molecule has 0 N–H and O–H groups in total. The fourth-order valence-corrected chi connectivity index (χ4v) is 3.34. The van der Waals surface area contributed by atoms with Crippen LogP contribution in [0.25, 0.3) is 0 Å². The fraction of sp³-hybridized carbons (Fsp3) is 0.846. The molecule has 0 spiro atoms. The van der Waals surface area contributed by atoms with E-state index in [2.05, 4.69) is 34.6 Å². The van der Waals surface area contributed by atoms with Crippen LogP contribution in [0.2, 0.25) is 0 Å². The number of rotatable bonds is 19. The van der Waals surface area contributed by atoms with Crippen molar-refractivity contribution in [2.45, 2.75) is 125 Å². The lowest BCUT2D eigenvalue weighted by Crippen LogP contribution is -2.19. The Morgan fingerprint density at radius 1 is 0.600 bits per heavy atom. The molecule has 0 rings (SSSR count). The van der Waals surface area contributed by atoms with Gasteiger partial charge in [0.1, 0.15) is 0 Å². The Morgan fingerprint density at radius 2 is 1.03 bits per heavy atom. The first-order chi connectivity index (χ1) is 14.5. The molecule has 0 aliphatic rings. The van der Waals surface area contributed by atoms with Crippen molar-refractivity contribution in [3.63, 3.8) is 0 Å². The van der Waals surface area contributed by atoms with E-state index in [1.807, 2.05) is 0 Å². The minimum Gasteiger partial charge on any atom is -0.462 e. The molecule has 0 aromatic heterocycles. The number of carbonyl (C=O) groups is 2. The fourth-order valence-electron chi connectivity index (χ4n) is 3.34. The zero-order valence-corrected chi connectivity index (χ0v) is 20.5. The standard InChI is InChI=1S/C26H48O4/c1-6-9-12-13-14-15-16-17-18-23(25(27)29-19-10-7-2)24(21-22(4)5)26(28)30-20-11-8-3/h22H,6-21H2,1-5H3. The summed E-state index contributed by atoms with van der Waals surface area (Å²) in [6.45, 7) is 11.3. The van der Waals surface area contributed by atoms with Crippen LogP contribution in [0.5, 0.6) is 0 Å². The van der Waals surface area contributed by atoms with Crippen molar-refractivity contribution < 1.29 is 19.1 Å². The average Bonchev–Trinajstić information content (AvgIpc) is 2.71. The van der Waals surface area contributed by atoms with E-state index in [1.54, 1.807) is 0 Å². The highest BCUT2D eigenvalue weighted by Gasteiger charge is 2.24. The molecule has 0 aliphatic heterocycles. The van der Waals surface area contributed by atoms with Gasteiger partial charge in [-0.05, 0) is 38.0 Å². The van der Waals surface area contributed by atoms with Crippen LogP contribution in [0.3, 0.4) is 0 Å². The van der Waals surface area contributed by atoms with E-state index in [0.717, 1.165) is 38.5 Å². The highest BCUT2D eigenvalue weighted by molar-refractivity contribution is 6.00. The van der Waals surface area contributed by atoms with Gasteiger partial charge in [-0.3, -0.25) is 0 Å². The maximum Gasteiger partial charge on any atom is 0.334 e. The predicted octanol–water partition coefficient (Wildman–Crippen LogP) is 7.55. The van der Waals surface area contributed by atoms with E-state index < -0.39 is 0 Å². The Bertz CT molecular complexity index is 479. The van der Waals surface area contributed by atoms with Gasteiger partial charge >= 0.3 is 11.9 Å². The van der Waals surface area contributed by atoms with E-state index >= 15 is 0 Å². The lowest BCUT2D eigenvalue weighted by atomic mass is 9.94. The summed E-state index contributed by atoms with van der Waals surface area (Å²) in [6.07, 6.45) is 14.4. The third-order valence-corrected chi connectivity index (χ3v) is 5.21. The second-order valence-electron chi connectivity index (χ2n) is 8.76. The van der Waals surface area contributed by atoms with Crippen LogP contribution < -0.4 is 0 Å². The Balaban J connectivity index is 5.10. The van der Waals surface area contributed by atoms with Crippen LogP contribution >= 0.6 is 0 Å². The second kappa shape index (κ2) is 19.6. The summed E-state index contributed by atoms with van der Waals surface area (Å²) in [5.74, 6) is -0.385. The molecule has 4 heteroatoms. The molecule has 0 bridgehead atoms. The molecule has 0 saturated heterocycles. The van der Waals surface area contributed by atoms with E-state index in [9.17, 15) is 9.59 Å². The molecule has 0 atom stereocenters. The van der Waals surface area contributed by atoms with Gasteiger partial charge in [0.2, 0.25) is 0 Å². The molecule has 0 amide bonds. The van der Waals surface area contributed by atoms with Gasteiger partial charge in [-0.1, -0.05) is 92.4 Å². The number of ether oxygens (including phenoxy) is 2. The Kier molecular flexibility index (Phi) is 18.8. The van der Waals surface area contributed by atoms with Crippen LogP contribution in [0, 0.1) is 5.92 Å². The van der Waals surface area contributed by atoms with Crippen LogP contribution in [0.1, 0.15) is 125 Å². The third-order valence-electron chi connectivity index (χ3n) is 5.21. The summed E-state index contributed by atoms with van der Waals surface area (Å²) in [7, 11) is 0. The van der Waals surface area contributed by atoms with Crippen molar-refractivity contribution in [3.05, 3.63) is 11.1 Å². The molecule has 0 aliphatic carbocycles. The molecule has 4 nitrogen and oxygen atoms in total. The SMILES string of the molecule is CCCCCCCCCCC(C(=O)OCCCC)=C(CC(C)C)C(=O)OCCCC. The smallest absolute Gasteiger partial charge is 0.334 e. The molecule has 30 heavy (non-hydrogen) atoms. The summed E-state index contributed by atoms with van der Waals surface area (Å²) in [4.78, 5) is 25.6. The van der Waals surface area contributed by atoms with Crippen molar-refractivity contribution in [2.24, 2.45) is 5.92 Å². The van der Waals surface area contributed by atoms with E-state index in [4.69, 9.17) is 9.47 Å². The number of hydrogen-bond donors (Lipinski definition) is 0. The van der Waals surface area contributed by atoms with Gasteiger partial charge < -0.3 is 9.47 Å². The van der Waals surface area contributed by atoms with Gasteiger partial charge in [0.05, 0.1) is 13.2 Å². The van der Waals surface area contributed by atoms with Crippen LogP contribution in [-0.4, -0.2) is 25.2 Å². The van der Waals surface area contributed by atoms with E-state index in [-0.39, 0.29) is 17.9 Å². The topological polar surface area (TPSA) is 52.6 Å². The van der Waals surface area contributed by atoms with Crippen molar-refractivity contribution >= 4 is 11.9 Å². The number of carbonyl (C=O) groups excluding carboxylic acids is 2. The van der Waals surface area contributed by atoms with Gasteiger partial charge in [-0.2, -0.15) is 0 Å². The third kappa shape index (κ3) is 14.6. The van der Waals surface area contributed by atoms with Gasteiger partial charge in [-0.15, -0.1) is 0 Å². The molecule has 0 saturated carbocycles. The lowest BCUT2D eigenvalue weighted by Gasteiger charge is -2.16. The normalized spacial score (nSPS) is 12.1. The molecular weight excluding hydrogens is 376 g/mol. The van der Waals surface area contributed by atoms with Crippen LogP contribution in [-0.2, 0) is 19.1 Å². The van der Waals surface area contributed by atoms with Crippen LogP contribution in [0.4, 0.5) is 0 Å². The first-order valence-electron chi connectivity index (χ1n) is 12.5. The zero-order chi connectivity index (χ0) is 22.6. The summed E-state index contributed by atoms with van der Waals surface area (Å²) < 4.78 is 11.0. The molecule has 176 valence electrons. The quantitative estimate of drug-likeness (QED) is 0.122. The largest absolute Gasteiger partial charge is 0.462 e. The molecule has 0 radical (unpaired) electrons. The van der Waals surface area contributed by atoms with Crippen molar-refractivity contribution in [2.75, 3.05) is 13.2 Å². The summed E-state index contributed by atoms with van der Waals surface area (Å²) >= 11 is 0. The van der Waals surface area contributed by atoms with Gasteiger partial charge in [-0.25, -0.2) is 9.59 Å². The summed E-state index contributed by atoms with van der Waals surface area (Å²) in [5, 5.41) is 0. The summed E-state index contributed by atoms with van der Waals surface area (Å²) in [5.41, 5.74) is 1.08. The lowest BCUT2D eigenvalue weighted by molar-refractivity contribution is -0.142. The molecular formula is C26H48O4.